The number of carbonyl (C=O) groups is 2. The fourth-order valence-corrected chi connectivity index (χ4v) is 3.86. The first-order valence-electron chi connectivity index (χ1n) is 9.88. The summed E-state index contributed by atoms with van der Waals surface area (Å²) in [5, 5.41) is 2.91. The van der Waals surface area contributed by atoms with Gasteiger partial charge in [-0.3, -0.25) is 4.79 Å². The first-order chi connectivity index (χ1) is 14.8. The molecule has 2 N–H and O–H groups in total. The molecule has 0 saturated carbocycles. The lowest BCUT2D eigenvalue weighted by Crippen LogP contribution is -2.38. The van der Waals surface area contributed by atoms with E-state index in [1.165, 1.54) is 31.2 Å². The Morgan fingerprint density at radius 2 is 1.84 bits per heavy atom. The average molecular weight is 443 g/mol. The maximum absolute atomic E-state index is 12.6. The zero-order valence-corrected chi connectivity index (χ0v) is 18.3. The van der Waals surface area contributed by atoms with Gasteiger partial charge in [-0.25, -0.2) is 13.2 Å². The molecule has 1 amide bonds. The second kappa shape index (κ2) is 11.3. The summed E-state index contributed by atoms with van der Waals surface area (Å²) in [4.78, 5) is 25.0. The van der Waals surface area contributed by atoms with Crippen LogP contribution in [0.2, 0.25) is 0 Å². The molecule has 0 radical (unpaired) electrons. The molecule has 0 bridgehead atoms. The highest BCUT2D eigenvalue weighted by Gasteiger charge is 2.23. The number of esters is 1. The van der Waals surface area contributed by atoms with E-state index in [9.17, 15) is 18.0 Å². The van der Waals surface area contributed by atoms with E-state index in [1.54, 1.807) is 0 Å². The zero-order valence-electron chi connectivity index (χ0n) is 17.5. The van der Waals surface area contributed by atoms with Crippen molar-refractivity contribution in [1.82, 2.24) is 10.0 Å². The van der Waals surface area contributed by atoms with Gasteiger partial charge in [-0.1, -0.05) is 55.7 Å². The summed E-state index contributed by atoms with van der Waals surface area (Å²) in [5.41, 5.74) is 0.977. The van der Waals surface area contributed by atoms with E-state index in [-0.39, 0.29) is 23.0 Å². The molecule has 0 aliphatic carbocycles. The van der Waals surface area contributed by atoms with E-state index >= 15 is 0 Å². The summed E-state index contributed by atoms with van der Waals surface area (Å²) in [6.07, 6.45) is 5.62. The van der Waals surface area contributed by atoms with Crippen LogP contribution in [0.5, 0.6) is 0 Å². The third-order valence-electron chi connectivity index (χ3n) is 4.49. The molecule has 0 fully saturated rings. The molecule has 2 rings (SSSR count). The van der Waals surface area contributed by atoms with Gasteiger partial charge in [0.15, 0.2) is 6.10 Å². The predicted octanol–water partition coefficient (Wildman–Crippen LogP) is 2.80. The molecule has 0 spiro atoms. The van der Waals surface area contributed by atoms with Gasteiger partial charge >= 0.3 is 5.97 Å². The summed E-state index contributed by atoms with van der Waals surface area (Å²) >= 11 is 0. The number of ether oxygens (including phenoxy) is 1. The van der Waals surface area contributed by atoms with Crippen molar-refractivity contribution in [3.63, 3.8) is 0 Å². The maximum Gasteiger partial charge on any atom is 0.338 e. The molecule has 164 valence electrons. The third kappa shape index (κ3) is 6.95. The van der Waals surface area contributed by atoms with Gasteiger partial charge in [0.1, 0.15) is 0 Å². The molecule has 7 nitrogen and oxygen atoms in total. The molecule has 2 aromatic rings. The van der Waals surface area contributed by atoms with E-state index < -0.39 is 28.0 Å². The molecule has 0 saturated heterocycles. The van der Waals surface area contributed by atoms with Crippen molar-refractivity contribution in [2.45, 2.75) is 43.7 Å². The van der Waals surface area contributed by atoms with Crippen molar-refractivity contribution in [2.24, 2.45) is 0 Å². The van der Waals surface area contributed by atoms with Gasteiger partial charge < -0.3 is 10.1 Å². The molecular formula is C23H26N2O5S. The Morgan fingerprint density at radius 1 is 1.13 bits per heavy atom. The number of terminal acetylenes is 1. The van der Waals surface area contributed by atoms with Crippen LogP contribution < -0.4 is 10.0 Å². The topological polar surface area (TPSA) is 102 Å². The van der Waals surface area contributed by atoms with Gasteiger partial charge in [0.25, 0.3) is 5.91 Å². The molecule has 2 aromatic carbocycles. The molecular weight excluding hydrogens is 416 g/mol. The number of benzene rings is 2. The number of amides is 1. The minimum Gasteiger partial charge on any atom is -0.449 e. The van der Waals surface area contributed by atoms with Crippen LogP contribution in [-0.2, 0) is 19.6 Å². The fraction of sp³-hybridized carbons (Fsp3) is 0.304. The van der Waals surface area contributed by atoms with Gasteiger partial charge in [-0.15, -0.1) is 6.42 Å². The largest absolute Gasteiger partial charge is 0.449 e. The van der Waals surface area contributed by atoms with Crippen molar-refractivity contribution in [3.05, 3.63) is 65.7 Å². The highest BCUT2D eigenvalue weighted by atomic mass is 32.2. The smallest absolute Gasteiger partial charge is 0.338 e. The molecule has 31 heavy (non-hydrogen) atoms. The molecule has 8 heteroatoms. The van der Waals surface area contributed by atoms with E-state index in [1.807, 2.05) is 37.3 Å². The van der Waals surface area contributed by atoms with Crippen molar-refractivity contribution in [2.75, 3.05) is 6.54 Å². The third-order valence-corrected chi connectivity index (χ3v) is 5.89. The SMILES string of the molecule is C#CCNS(=O)(=O)c1cccc(C(=O)OC(C)C(=O)NC(CCC)c2ccccc2)c1. The summed E-state index contributed by atoms with van der Waals surface area (Å²) in [6, 6.07) is 14.7. The predicted molar refractivity (Wildman–Crippen MR) is 118 cm³/mol. The van der Waals surface area contributed by atoms with Crippen LogP contribution in [0.1, 0.15) is 48.7 Å². The summed E-state index contributed by atoms with van der Waals surface area (Å²) in [7, 11) is -3.86. The normalized spacial score (nSPS) is 12.9. The lowest BCUT2D eigenvalue weighted by molar-refractivity contribution is -0.129. The monoisotopic (exact) mass is 442 g/mol. The van der Waals surface area contributed by atoms with Gasteiger partial charge in [-0.2, -0.15) is 4.72 Å². The highest BCUT2D eigenvalue weighted by molar-refractivity contribution is 7.89. The average Bonchev–Trinajstić information content (AvgIpc) is 2.78. The molecule has 2 atom stereocenters. The lowest BCUT2D eigenvalue weighted by Gasteiger charge is -2.21. The minimum atomic E-state index is -3.86. The van der Waals surface area contributed by atoms with Crippen molar-refractivity contribution in [3.8, 4) is 12.3 Å². The van der Waals surface area contributed by atoms with Crippen LogP contribution in [0.3, 0.4) is 0 Å². The maximum atomic E-state index is 12.6. The molecule has 0 aliphatic heterocycles. The second-order valence-corrected chi connectivity index (χ2v) is 8.63. The highest BCUT2D eigenvalue weighted by Crippen LogP contribution is 2.19. The molecule has 0 heterocycles. The van der Waals surface area contributed by atoms with Crippen molar-refractivity contribution < 1.29 is 22.7 Å². The Labute approximate surface area is 183 Å². The van der Waals surface area contributed by atoms with E-state index in [0.29, 0.717) is 0 Å². The summed E-state index contributed by atoms with van der Waals surface area (Å²) < 4.78 is 31.9. The molecule has 0 aliphatic rings. The van der Waals surface area contributed by atoms with E-state index in [0.717, 1.165) is 18.4 Å². The second-order valence-electron chi connectivity index (χ2n) is 6.86. The summed E-state index contributed by atoms with van der Waals surface area (Å²) in [6.45, 7) is 3.32. The minimum absolute atomic E-state index is 0.0106. The Balaban J connectivity index is 2.07. The fourth-order valence-electron chi connectivity index (χ4n) is 2.88. The first kappa shape index (κ1) is 24.1. The van der Waals surface area contributed by atoms with Gasteiger partial charge in [0.05, 0.1) is 23.0 Å². The quantitative estimate of drug-likeness (QED) is 0.435. The van der Waals surface area contributed by atoms with Crippen molar-refractivity contribution >= 4 is 21.9 Å². The number of sulfonamides is 1. The van der Waals surface area contributed by atoms with Crippen LogP contribution in [0, 0.1) is 12.3 Å². The van der Waals surface area contributed by atoms with E-state index in [4.69, 9.17) is 11.2 Å². The van der Waals surface area contributed by atoms with Crippen LogP contribution >= 0.6 is 0 Å². The standard InChI is InChI=1S/C23H26N2O5S/c1-4-10-21(18-11-7-6-8-12-18)25-22(26)17(3)30-23(27)19-13-9-14-20(16-19)31(28,29)24-15-5-2/h2,6-9,11-14,16-17,21,24H,4,10,15H2,1,3H3,(H,25,26). The number of rotatable bonds is 10. The zero-order chi connectivity index (χ0) is 22.9. The van der Waals surface area contributed by atoms with Crippen LogP contribution in [0.15, 0.2) is 59.5 Å². The Bertz CT molecular complexity index is 1050. The van der Waals surface area contributed by atoms with Gasteiger partial charge in [0, 0.05) is 0 Å². The van der Waals surface area contributed by atoms with Crippen LogP contribution in [0.25, 0.3) is 0 Å². The Morgan fingerprint density at radius 3 is 2.48 bits per heavy atom. The first-order valence-corrected chi connectivity index (χ1v) is 11.4. The molecule has 0 aromatic heterocycles. The summed E-state index contributed by atoms with van der Waals surface area (Å²) in [5.74, 6) is 0.942. The van der Waals surface area contributed by atoms with Crippen molar-refractivity contribution in [1.29, 1.82) is 0 Å². The number of carbonyl (C=O) groups excluding carboxylic acids is 2. The Hall–Kier alpha value is -3.15. The Kier molecular flexibility index (Phi) is 8.79. The number of hydrogen-bond acceptors (Lipinski definition) is 5. The van der Waals surface area contributed by atoms with Crippen LogP contribution in [-0.4, -0.2) is 32.9 Å². The lowest BCUT2D eigenvalue weighted by atomic mass is 10.0. The number of nitrogens with one attached hydrogen (secondary N) is 2. The number of hydrogen-bond donors (Lipinski definition) is 2. The van der Waals surface area contributed by atoms with Crippen LogP contribution in [0.4, 0.5) is 0 Å². The molecule has 2 unspecified atom stereocenters. The van der Waals surface area contributed by atoms with E-state index in [2.05, 4.69) is 16.0 Å². The van der Waals surface area contributed by atoms with Gasteiger partial charge in [-0.05, 0) is 37.1 Å². The van der Waals surface area contributed by atoms with Gasteiger partial charge in [0.2, 0.25) is 10.0 Å².